The van der Waals surface area contributed by atoms with E-state index in [1.54, 1.807) is 0 Å². The predicted molar refractivity (Wildman–Crippen MR) is 56.9 cm³/mol. The van der Waals surface area contributed by atoms with Crippen LogP contribution in [0.2, 0.25) is 0 Å². The molecule has 1 saturated carbocycles. The maximum absolute atomic E-state index is 6.07. The Kier molecular flexibility index (Phi) is 1.55. The summed E-state index contributed by atoms with van der Waals surface area (Å²) in [5.41, 5.74) is 2.54. The fourth-order valence-electron chi connectivity index (χ4n) is 2.24. The molecule has 1 aromatic rings. The van der Waals surface area contributed by atoms with E-state index >= 15 is 0 Å². The van der Waals surface area contributed by atoms with Gasteiger partial charge in [0, 0.05) is 0 Å². The van der Waals surface area contributed by atoms with Crippen LogP contribution in [0.15, 0.2) is 18.2 Å². The number of rotatable bonds is 0. The zero-order valence-electron chi connectivity index (χ0n) is 8.47. The van der Waals surface area contributed by atoms with Gasteiger partial charge in [0.15, 0.2) is 0 Å². The molecule has 1 spiro atoms. The maximum Gasteiger partial charge on any atom is 0.143 e. The molecular weight excluding hydrogens is 174 g/mol. The van der Waals surface area contributed by atoms with Gasteiger partial charge in [-0.1, -0.05) is 6.07 Å². The van der Waals surface area contributed by atoms with Gasteiger partial charge in [0.05, 0.1) is 12.2 Å². The standard InChI is InChI=1S/C12H15NO/c1-9-3-4-10-11(7-9)14-12(8-13-10)5-2-6-12/h3-4,7,13H,2,5-6,8H2,1H3. The quantitative estimate of drug-likeness (QED) is 0.677. The normalized spacial score (nSPS) is 21.8. The number of benzene rings is 1. The van der Waals surface area contributed by atoms with Gasteiger partial charge in [-0.3, -0.25) is 0 Å². The molecule has 2 nitrogen and oxygen atoms in total. The first kappa shape index (κ1) is 8.16. The number of ether oxygens (including phenoxy) is 1. The minimum Gasteiger partial charge on any atom is -0.483 e. The SMILES string of the molecule is Cc1ccc2c(c1)OC1(CCC1)CN2. The average Bonchev–Trinajstić information content (AvgIpc) is 2.14. The summed E-state index contributed by atoms with van der Waals surface area (Å²) in [4.78, 5) is 0. The second-order valence-electron chi connectivity index (χ2n) is 4.49. The molecule has 0 amide bonds. The van der Waals surface area contributed by atoms with Gasteiger partial charge >= 0.3 is 0 Å². The van der Waals surface area contributed by atoms with Crippen molar-refractivity contribution in [1.29, 1.82) is 0 Å². The highest BCUT2D eigenvalue weighted by Gasteiger charge is 2.41. The van der Waals surface area contributed by atoms with Gasteiger partial charge in [-0.25, -0.2) is 0 Å². The zero-order chi connectivity index (χ0) is 9.60. The first-order valence-corrected chi connectivity index (χ1v) is 5.31. The Bertz CT molecular complexity index is 369. The summed E-state index contributed by atoms with van der Waals surface area (Å²) >= 11 is 0. The van der Waals surface area contributed by atoms with Crippen LogP contribution in [-0.4, -0.2) is 12.1 Å². The van der Waals surface area contributed by atoms with Crippen LogP contribution in [0.1, 0.15) is 24.8 Å². The molecule has 74 valence electrons. The highest BCUT2D eigenvalue weighted by Crippen LogP contribution is 2.42. The number of anilines is 1. The summed E-state index contributed by atoms with van der Waals surface area (Å²) in [5.74, 6) is 1.04. The lowest BCUT2D eigenvalue weighted by molar-refractivity contribution is 0.000164. The number of aryl methyl sites for hydroxylation is 1. The summed E-state index contributed by atoms with van der Waals surface area (Å²) in [5, 5.41) is 3.46. The van der Waals surface area contributed by atoms with Crippen LogP contribution in [0, 0.1) is 6.92 Å². The Hall–Kier alpha value is -1.18. The molecule has 2 heteroatoms. The second-order valence-corrected chi connectivity index (χ2v) is 4.49. The van der Waals surface area contributed by atoms with Crippen molar-refractivity contribution in [1.82, 2.24) is 0 Å². The van der Waals surface area contributed by atoms with Crippen LogP contribution in [0.4, 0.5) is 5.69 Å². The first-order chi connectivity index (χ1) is 6.77. The third kappa shape index (κ3) is 1.10. The number of nitrogens with one attached hydrogen (secondary N) is 1. The third-order valence-corrected chi connectivity index (χ3v) is 3.33. The van der Waals surface area contributed by atoms with E-state index in [2.05, 4.69) is 30.4 Å². The molecule has 1 aliphatic heterocycles. The summed E-state index contributed by atoms with van der Waals surface area (Å²) < 4.78 is 6.07. The monoisotopic (exact) mass is 189 g/mol. The maximum atomic E-state index is 6.07. The second kappa shape index (κ2) is 2.66. The van der Waals surface area contributed by atoms with Crippen LogP contribution in [-0.2, 0) is 0 Å². The average molecular weight is 189 g/mol. The van der Waals surface area contributed by atoms with Crippen molar-refractivity contribution in [2.24, 2.45) is 0 Å². The molecule has 0 saturated heterocycles. The summed E-state index contributed by atoms with van der Waals surface area (Å²) in [6, 6.07) is 6.35. The van der Waals surface area contributed by atoms with Gasteiger partial charge < -0.3 is 10.1 Å². The fraction of sp³-hybridized carbons (Fsp3) is 0.500. The van der Waals surface area contributed by atoms with Crippen LogP contribution in [0.3, 0.4) is 0 Å². The topological polar surface area (TPSA) is 21.3 Å². The number of fused-ring (bicyclic) bond motifs is 1. The predicted octanol–water partition coefficient (Wildman–Crippen LogP) is 2.72. The number of hydrogen-bond acceptors (Lipinski definition) is 2. The summed E-state index contributed by atoms with van der Waals surface area (Å²) in [6.45, 7) is 3.08. The molecule has 0 aromatic heterocycles. The molecule has 0 bridgehead atoms. The van der Waals surface area contributed by atoms with Crippen molar-refractivity contribution in [3.05, 3.63) is 23.8 Å². The molecule has 1 N–H and O–H groups in total. The van der Waals surface area contributed by atoms with Gasteiger partial charge in [-0.15, -0.1) is 0 Å². The van der Waals surface area contributed by atoms with E-state index in [1.807, 2.05) is 0 Å². The minimum absolute atomic E-state index is 0.126. The van der Waals surface area contributed by atoms with Gasteiger partial charge in [0.1, 0.15) is 11.4 Å². The molecular formula is C12H15NO. The molecule has 1 fully saturated rings. The van der Waals surface area contributed by atoms with Gasteiger partial charge in [-0.2, -0.15) is 0 Å². The first-order valence-electron chi connectivity index (χ1n) is 5.31. The summed E-state index contributed by atoms with van der Waals surface area (Å²) in [6.07, 6.45) is 3.71. The van der Waals surface area contributed by atoms with E-state index in [-0.39, 0.29) is 5.60 Å². The molecule has 0 atom stereocenters. The molecule has 14 heavy (non-hydrogen) atoms. The molecule has 1 aromatic carbocycles. The van der Waals surface area contributed by atoms with E-state index < -0.39 is 0 Å². The Morgan fingerprint density at radius 1 is 1.36 bits per heavy atom. The molecule has 2 aliphatic rings. The van der Waals surface area contributed by atoms with Crippen molar-refractivity contribution in [2.75, 3.05) is 11.9 Å². The Labute approximate surface area is 84.3 Å². The number of hydrogen-bond donors (Lipinski definition) is 1. The highest BCUT2D eigenvalue weighted by molar-refractivity contribution is 5.59. The smallest absolute Gasteiger partial charge is 0.143 e. The van der Waals surface area contributed by atoms with Gasteiger partial charge in [0.25, 0.3) is 0 Å². The summed E-state index contributed by atoms with van der Waals surface area (Å²) in [7, 11) is 0. The van der Waals surface area contributed by atoms with Crippen LogP contribution in [0.5, 0.6) is 5.75 Å². The Balaban J connectivity index is 1.96. The molecule has 0 unspecified atom stereocenters. The van der Waals surface area contributed by atoms with Crippen LogP contribution in [0.25, 0.3) is 0 Å². The van der Waals surface area contributed by atoms with Crippen LogP contribution < -0.4 is 10.1 Å². The minimum atomic E-state index is 0.126. The van der Waals surface area contributed by atoms with E-state index in [0.29, 0.717) is 0 Å². The third-order valence-electron chi connectivity index (χ3n) is 3.33. The largest absolute Gasteiger partial charge is 0.483 e. The van der Waals surface area contributed by atoms with E-state index in [0.717, 1.165) is 18.0 Å². The zero-order valence-corrected chi connectivity index (χ0v) is 8.47. The Morgan fingerprint density at radius 2 is 2.21 bits per heavy atom. The fourth-order valence-corrected chi connectivity index (χ4v) is 2.24. The van der Waals surface area contributed by atoms with Crippen molar-refractivity contribution < 1.29 is 4.74 Å². The highest BCUT2D eigenvalue weighted by atomic mass is 16.5. The van der Waals surface area contributed by atoms with Crippen LogP contribution >= 0.6 is 0 Å². The van der Waals surface area contributed by atoms with E-state index in [1.165, 1.54) is 24.8 Å². The van der Waals surface area contributed by atoms with E-state index in [9.17, 15) is 0 Å². The molecule has 1 heterocycles. The van der Waals surface area contributed by atoms with Gasteiger partial charge in [0.2, 0.25) is 0 Å². The molecule has 1 aliphatic carbocycles. The molecule has 0 radical (unpaired) electrons. The van der Waals surface area contributed by atoms with Crippen molar-refractivity contribution >= 4 is 5.69 Å². The van der Waals surface area contributed by atoms with Gasteiger partial charge in [-0.05, 0) is 43.9 Å². The lowest BCUT2D eigenvalue weighted by Crippen LogP contribution is -2.51. The molecule has 3 rings (SSSR count). The van der Waals surface area contributed by atoms with E-state index in [4.69, 9.17) is 4.74 Å². The lowest BCUT2D eigenvalue weighted by Gasteiger charge is -2.45. The van der Waals surface area contributed by atoms with Crippen molar-refractivity contribution in [3.8, 4) is 5.75 Å². The Morgan fingerprint density at radius 3 is 2.93 bits per heavy atom. The van der Waals surface area contributed by atoms with Crippen molar-refractivity contribution in [2.45, 2.75) is 31.8 Å². The van der Waals surface area contributed by atoms with Crippen molar-refractivity contribution in [3.63, 3.8) is 0 Å². The lowest BCUT2D eigenvalue weighted by atomic mass is 9.79.